The van der Waals surface area contributed by atoms with E-state index in [1.165, 1.54) is 64.0 Å². The maximum Gasteiger partial charge on any atom is 0.0372 e. The number of nitrogens with zero attached hydrogens (tertiary/aromatic N) is 2. The minimum Gasteiger partial charge on any atom is -0.316 e. The van der Waals surface area contributed by atoms with Crippen molar-refractivity contribution in [3.8, 4) is 0 Å². The lowest BCUT2D eigenvalue weighted by Gasteiger charge is -2.35. The molecule has 20 heavy (non-hydrogen) atoms. The first-order valence-electron chi connectivity index (χ1n) is 8.17. The number of hydrogen-bond donors (Lipinski definition) is 1. The van der Waals surface area contributed by atoms with Gasteiger partial charge in [0.15, 0.2) is 0 Å². The third kappa shape index (κ3) is 3.58. The van der Waals surface area contributed by atoms with E-state index in [4.69, 9.17) is 0 Å². The first kappa shape index (κ1) is 14.0. The van der Waals surface area contributed by atoms with Gasteiger partial charge in [-0.1, -0.05) is 6.07 Å². The van der Waals surface area contributed by atoms with Crippen LogP contribution in [0.1, 0.15) is 42.9 Å². The standard InChI is InChI=1S/C17H27N3/c1-14-4-5-17(12-19-14)16-6-9-20(10-7-16)13-15-3-2-8-18-11-15/h4-5,12,15-16,18H,2-3,6-11,13H2,1H3. The first-order valence-corrected chi connectivity index (χ1v) is 8.17. The van der Waals surface area contributed by atoms with Gasteiger partial charge in [-0.25, -0.2) is 0 Å². The van der Waals surface area contributed by atoms with Crippen LogP contribution in [0.15, 0.2) is 18.3 Å². The quantitative estimate of drug-likeness (QED) is 0.917. The molecule has 0 spiro atoms. The molecule has 2 aliphatic rings. The Balaban J connectivity index is 1.47. The summed E-state index contributed by atoms with van der Waals surface area (Å²) in [6.07, 6.45) is 7.45. The largest absolute Gasteiger partial charge is 0.316 e. The van der Waals surface area contributed by atoms with Crippen LogP contribution in [0.3, 0.4) is 0 Å². The molecule has 2 saturated heterocycles. The second kappa shape index (κ2) is 6.68. The van der Waals surface area contributed by atoms with Crippen LogP contribution in [0.5, 0.6) is 0 Å². The molecule has 0 amide bonds. The minimum atomic E-state index is 0.726. The number of likely N-dealkylation sites (tertiary alicyclic amines) is 1. The van der Waals surface area contributed by atoms with Crippen molar-refractivity contribution in [1.29, 1.82) is 0 Å². The maximum atomic E-state index is 4.45. The molecule has 1 atom stereocenters. The number of aromatic nitrogens is 1. The summed E-state index contributed by atoms with van der Waals surface area (Å²) in [6.45, 7) is 8.32. The van der Waals surface area contributed by atoms with Crippen LogP contribution in [0.4, 0.5) is 0 Å². The molecule has 0 aromatic carbocycles. The lowest BCUT2D eigenvalue weighted by atomic mass is 9.89. The van der Waals surface area contributed by atoms with Gasteiger partial charge in [0.1, 0.15) is 0 Å². The van der Waals surface area contributed by atoms with Gasteiger partial charge >= 0.3 is 0 Å². The average molecular weight is 273 g/mol. The number of pyridine rings is 1. The van der Waals surface area contributed by atoms with Gasteiger partial charge in [0.25, 0.3) is 0 Å². The second-order valence-corrected chi connectivity index (χ2v) is 6.52. The van der Waals surface area contributed by atoms with Crippen molar-refractivity contribution in [2.24, 2.45) is 5.92 Å². The number of piperidine rings is 2. The monoisotopic (exact) mass is 273 g/mol. The third-order valence-electron chi connectivity index (χ3n) is 4.91. The van der Waals surface area contributed by atoms with Crippen LogP contribution in [-0.4, -0.2) is 42.6 Å². The number of aryl methyl sites for hydroxylation is 1. The zero-order valence-corrected chi connectivity index (χ0v) is 12.6. The topological polar surface area (TPSA) is 28.2 Å². The number of rotatable bonds is 3. The molecule has 1 aromatic rings. The van der Waals surface area contributed by atoms with Crippen molar-refractivity contribution in [2.75, 3.05) is 32.7 Å². The van der Waals surface area contributed by atoms with Crippen molar-refractivity contribution in [3.05, 3.63) is 29.6 Å². The van der Waals surface area contributed by atoms with Crippen LogP contribution in [0.2, 0.25) is 0 Å². The van der Waals surface area contributed by atoms with Crippen molar-refractivity contribution >= 4 is 0 Å². The normalized spacial score (nSPS) is 25.8. The van der Waals surface area contributed by atoms with Gasteiger partial charge in [0, 0.05) is 18.4 Å². The molecule has 3 heteroatoms. The zero-order chi connectivity index (χ0) is 13.8. The van der Waals surface area contributed by atoms with Gasteiger partial charge in [-0.2, -0.15) is 0 Å². The second-order valence-electron chi connectivity index (χ2n) is 6.52. The molecule has 0 radical (unpaired) electrons. The molecule has 1 unspecified atom stereocenters. The predicted molar refractivity (Wildman–Crippen MR) is 83.0 cm³/mol. The highest BCUT2D eigenvalue weighted by molar-refractivity contribution is 5.18. The summed E-state index contributed by atoms with van der Waals surface area (Å²) in [5, 5.41) is 3.53. The van der Waals surface area contributed by atoms with Crippen molar-refractivity contribution < 1.29 is 0 Å². The van der Waals surface area contributed by atoms with Crippen LogP contribution >= 0.6 is 0 Å². The molecule has 3 nitrogen and oxygen atoms in total. The molecule has 3 rings (SSSR count). The summed E-state index contributed by atoms with van der Waals surface area (Å²) in [7, 11) is 0. The van der Waals surface area contributed by atoms with Crippen molar-refractivity contribution in [3.63, 3.8) is 0 Å². The summed E-state index contributed by atoms with van der Waals surface area (Å²) in [6, 6.07) is 4.42. The summed E-state index contributed by atoms with van der Waals surface area (Å²) in [5.41, 5.74) is 2.56. The third-order valence-corrected chi connectivity index (χ3v) is 4.91. The minimum absolute atomic E-state index is 0.726. The van der Waals surface area contributed by atoms with Gasteiger partial charge in [0.2, 0.25) is 0 Å². The van der Waals surface area contributed by atoms with Crippen LogP contribution in [0.25, 0.3) is 0 Å². The predicted octanol–water partition coefficient (Wildman–Crippen LogP) is 2.57. The van der Waals surface area contributed by atoms with Gasteiger partial charge in [-0.15, -0.1) is 0 Å². The molecular formula is C17H27N3. The highest BCUT2D eigenvalue weighted by Crippen LogP contribution is 2.28. The Morgan fingerprint density at radius 1 is 1.25 bits per heavy atom. The highest BCUT2D eigenvalue weighted by atomic mass is 15.1. The first-order chi connectivity index (χ1) is 9.81. The smallest absolute Gasteiger partial charge is 0.0372 e. The average Bonchev–Trinajstić information content (AvgIpc) is 2.50. The van der Waals surface area contributed by atoms with E-state index >= 15 is 0 Å². The highest BCUT2D eigenvalue weighted by Gasteiger charge is 2.23. The van der Waals surface area contributed by atoms with Crippen molar-refractivity contribution in [2.45, 2.75) is 38.5 Å². The fourth-order valence-electron chi connectivity index (χ4n) is 3.61. The van der Waals surface area contributed by atoms with Gasteiger partial charge in [-0.05, 0) is 82.3 Å². The van der Waals surface area contributed by atoms with Gasteiger partial charge < -0.3 is 10.2 Å². The lowest BCUT2D eigenvalue weighted by molar-refractivity contribution is 0.169. The van der Waals surface area contributed by atoms with Crippen molar-refractivity contribution in [1.82, 2.24) is 15.2 Å². The van der Waals surface area contributed by atoms with E-state index in [0.717, 1.165) is 17.5 Å². The Hall–Kier alpha value is -0.930. The SMILES string of the molecule is Cc1ccc(C2CCN(CC3CCCNC3)CC2)cn1. The fourth-order valence-corrected chi connectivity index (χ4v) is 3.61. The fraction of sp³-hybridized carbons (Fsp3) is 0.706. The Morgan fingerprint density at radius 3 is 2.75 bits per heavy atom. The Morgan fingerprint density at radius 2 is 2.10 bits per heavy atom. The van der Waals surface area contributed by atoms with E-state index < -0.39 is 0 Å². The molecule has 3 heterocycles. The van der Waals surface area contributed by atoms with Crippen LogP contribution in [0, 0.1) is 12.8 Å². The van der Waals surface area contributed by atoms with Crippen LogP contribution in [-0.2, 0) is 0 Å². The molecular weight excluding hydrogens is 246 g/mol. The number of hydrogen-bond acceptors (Lipinski definition) is 3. The van der Waals surface area contributed by atoms with E-state index in [1.807, 2.05) is 0 Å². The summed E-state index contributed by atoms with van der Waals surface area (Å²) < 4.78 is 0. The zero-order valence-electron chi connectivity index (χ0n) is 12.6. The lowest BCUT2D eigenvalue weighted by Crippen LogP contribution is -2.41. The van der Waals surface area contributed by atoms with Crippen LogP contribution < -0.4 is 5.32 Å². The Labute approximate surface area is 122 Å². The molecule has 0 saturated carbocycles. The molecule has 0 bridgehead atoms. The molecule has 110 valence electrons. The summed E-state index contributed by atoms with van der Waals surface area (Å²) in [4.78, 5) is 7.12. The van der Waals surface area contributed by atoms with E-state index in [9.17, 15) is 0 Å². The molecule has 2 aliphatic heterocycles. The van der Waals surface area contributed by atoms with E-state index in [2.05, 4.69) is 40.5 Å². The molecule has 1 N–H and O–H groups in total. The van der Waals surface area contributed by atoms with E-state index in [-0.39, 0.29) is 0 Å². The Bertz CT molecular complexity index is 401. The molecule has 0 aliphatic carbocycles. The number of nitrogens with one attached hydrogen (secondary N) is 1. The van der Waals surface area contributed by atoms with E-state index in [1.54, 1.807) is 0 Å². The molecule has 1 aromatic heterocycles. The molecule has 2 fully saturated rings. The maximum absolute atomic E-state index is 4.45. The Kier molecular flexibility index (Phi) is 4.69. The summed E-state index contributed by atoms with van der Waals surface area (Å²) in [5.74, 6) is 1.60. The van der Waals surface area contributed by atoms with Gasteiger partial charge in [0.05, 0.1) is 0 Å². The summed E-state index contributed by atoms with van der Waals surface area (Å²) >= 11 is 0. The van der Waals surface area contributed by atoms with E-state index in [0.29, 0.717) is 0 Å². The van der Waals surface area contributed by atoms with Gasteiger partial charge in [-0.3, -0.25) is 4.98 Å².